The van der Waals surface area contributed by atoms with Gasteiger partial charge in [0.2, 0.25) is 0 Å². The molecule has 0 radical (unpaired) electrons. The van der Waals surface area contributed by atoms with Gasteiger partial charge in [0.15, 0.2) is 0 Å². The monoisotopic (exact) mass is 357 g/mol. The van der Waals surface area contributed by atoms with Crippen molar-refractivity contribution in [2.24, 2.45) is 0 Å². The molecule has 0 aliphatic carbocycles. The molecule has 0 amide bonds. The van der Waals surface area contributed by atoms with Crippen LogP contribution < -0.4 is 4.74 Å². The van der Waals surface area contributed by atoms with Gasteiger partial charge in [0.1, 0.15) is 12.4 Å². The summed E-state index contributed by atoms with van der Waals surface area (Å²) >= 11 is 0. The van der Waals surface area contributed by atoms with Crippen LogP contribution in [0.5, 0.6) is 5.75 Å². The smallest absolute Gasteiger partial charge is 0.339 e. The van der Waals surface area contributed by atoms with Crippen LogP contribution in [0.4, 0.5) is 0 Å². The first-order valence-corrected chi connectivity index (χ1v) is 8.72. The Balaban J connectivity index is 1.65. The molecule has 1 aromatic heterocycles. The van der Waals surface area contributed by atoms with Gasteiger partial charge in [0.05, 0.1) is 23.9 Å². The highest BCUT2D eigenvalue weighted by Gasteiger charge is 2.14. The highest BCUT2D eigenvalue weighted by Crippen LogP contribution is 2.27. The molecule has 4 aromatic rings. The lowest BCUT2D eigenvalue weighted by Crippen LogP contribution is -2.07. The quantitative estimate of drug-likeness (QED) is 0.472. The third kappa shape index (κ3) is 3.42. The van der Waals surface area contributed by atoms with E-state index in [2.05, 4.69) is 0 Å². The van der Waals surface area contributed by atoms with Gasteiger partial charge in [0.25, 0.3) is 0 Å². The molecule has 0 saturated carbocycles. The van der Waals surface area contributed by atoms with Crippen LogP contribution in [0.1, 0.15) is 15.9 Å². The fourth-order valence-electron chi connectivity index (χ4n) is 3.13. The molecule has 0 atom stereocenters. The van der Waals surface area contributed by atoms with Crippen molar-refractivity contribution in [3.05, 3.63) is 96.2 Å². The highest BCUT2D eigenvalue weighted by molar-refractivity contribution is 5.95. The molecule has 4 nitrogen and oxygen atoms in total. The van der Waals surface area contributed by atoms with Gasteiger partial charge in [-0.05, 0) is 42.0 Å². The number of ether oxygens (including phenoxy) is 2. The average Bonchev–Trinajstić information content (AvgIpc) is 3.15. The number of aromatic nitrogens is 1. The second-order valence-electron chi connectivity index (χ2n) is 6.19. The van der Waals surface area contributed by atoms with Crippen LogP contribution >= 0.6 is 0 Å². The van der Waals surface area contributed by atoms with Gasteiger partial charge in [-0.25, -0.2) is 4.79 Å². The van der Waals surface area contributed by atoms with Gasteiger partial charge in [-0.1, -0.05) is 42.5 Å². The first-order valence-electron chi connectivity index (χ1n) is 8.72. The Morgan fingerprint density at radius 3 is 2.52 bits per heavy atom. The van der Waals surface area contributed by atoms with Crippen LogP contribution in [0.25, 0.3) is 16.6 Å². The second kappa shape index (κ2) is 7.38. The van der Waals surface area contributed by atoms with E-state index in [0.717, 1.165) is 27.9 Å². The zero-order valence-electron chi connectivity index (χ0n) is 15.0. The fraction of sp³-hybridized carbons (Fsp3) is 0.0870. The largest absolute Gasteiger partial charge is 0.489 e. The minimum atomic E-state index is -0.352. The van der Waals surface area contributed by atoms with Crippen molar-refractivity contribution in [2.75, 3.05) is 7.11 Å². The average molecular weight is 357 g/mol. The maximum Gasteiger partial charge on any atom is 0.339 e. The molecule has 3 aromatic carbocycles. The van der Waals surface area contributed by atoms with E-state index < -0.39 is 0 Å². The van der Waals surface area contributed by atoms with E-state index in [0.29, 0.717) is 12.2 Å². The number of nitrogens with zero attached hydrogens (tertiary/aromatic N) is 1. The summed E-state index contributed by atoms with van der Waals surface area (Å²) < 4.78 is 12.8. The second-order valence-corrected chi connectivity index (χ2v) is 6.19. The minimum Gasteiger partial charge on any atom is -0.489 e. The lowest BCUT2D eigenvalue weighted by molar-refractivity contribution is 0.0601. The number of rotatable bonds is 5. The Hall–Kier alpha value is -3.53. The summed E-state index contributed by atoms with van der Waals surface area (Å²) in [6, 6.07) is 25.5. The Morgan fingerprint density at radius 2 is 1.70 bits per heavy atom. The van der Waals surface area contributed by atoms with Crippen LogP contribution in [-0.2, 0) is 11.3 Å². The lowest BCUT2D eigenvalue weighted by Gasteiger charge is -2.11. The topological polar surface area (TPSA) is 40.5 Å². The highest BCUT2D eigenvalue weighted by atomic mass is 16.5. The molecule has 0 aliphatic heterocycles. The van der Waals surface area contributed by atoms with Crippen molar-refractivity contribution in [1.82, 2.24) is 4.57 Å². The van der Waals surface area contributed by atoms with E-state index in [1.54, 1.807) is 6.07 Å². The van der Waals surface area contributed by atoms with Crippen molar-refractivity contribution >= 4 is 16.9 Å². The summed E-state index contributed by atoms with van der Waals surface area (Å²) in [5.74, 6) is 0.459. The molecule has 0 saturated heterocycles. The minimum absolute atomic E-state index is 0.352. The molecule has 4 rings (SSSR count). The van der Waals surface area contributed by atoms with Crippen LogP contribution in [0, 0.1) is 0 Å². The van der Waals surface area contributed by atoms with Gasteiger partial charge in [-0.15, -0.1) is 0 Å². The molecular formula is C23H19NO3. The van der Waals surface area contributed by atoms with Gasteiger partial charge in [0, 0.05) is 11.6 Å². The number of esters is 1. The molecule has 4 heteroatoms. The molecule has 0 fully saturated rings. The summed E-state index contributed by atoms with van der Waals surface area (Å²) in [4.78, 5) is 12.1. The van der Waals surface area contributed by atoms with Crippen molar-refractivity contribution in [3.63, 3.8) is 0 Å². The first kappa shape index (κ1) is 16.9. The third-order valence-corrected chi connectivity index (χ3v) is 4.48. The SMILES string of the molecule is COC(=O)c1ccccc1-n1ccc2cc(OCc3ccccc3)ccc21. The van der Waals surface area contributed by atoms with Crippen molar-refractivity contribution in [1.29, 1.82) is 0 Å². The van der Waals surface area contributed by atoms with E-state index in [4.69, 9.17) is 9.47 Å². The maximum absolute atomic E-state index is 12.1. The van der Waals surface area contributed by atoms with E-state index in [1.165, 1.54) is 7.11 Å². The number of para-hydroxylation sites is 1. The molecule has 0 N–H and O–H groups in total. The predicted molar refractivity (Wildman–Crippen MR) is 105 cm³/mol. The summed E-state index contributed by atoms with van der Waals surface area (Å²) in [5.41, 5.74) is 3.44. The summed E-state index contributed by atoms with van der Waals surface area (Å²) in [5, 5.41) is 1.04. The van der Waals surface area contributed by atoms with Gasteiger partial charge in [-0.3, -0.25) is 0 Å². The van der Waals surface area contributed by atoms with Crippen LogP contribution in [-0.4, -0.2) is 17.6 Å². The first-order chi connectivity index (χ1) is 13.3. The number of methoxy groups -OCH3 is 1. The number of carbonyl (C=O) groups is 1. The number of benzene rings is 3. The van der Waals surface area contributed by atoms with Crippen molar-refractivity contribution in [2.45, 2.75) is 6.61 Å². The summed E-state index contributed by atoms with van der Waals surface area (Å²) in [6.45, 7) is 0.526. The number of hydrogen-bond acceptors (Lipinski definition) is 3. The Kier molecular flexibility index (Phi) is 4.62. The molecule has 0 spiro atoms. The van der Waals surface area contributed by atoms with E-state index in [9.17, 15) is 4.79 Å². The molecule has 0 unspecified atom stereocenters. The van der Waals surface area contributed by atoms with E-state index in [1.807, 2.05) is 83.6 Å². The Labute approximate surface area is 157 Å². The van der Waals surface area contributed by atoms with Gasteiger partial charge in [-0.2, -0.15) is 0 Å². The maximum atomic E-state index is 12.1. The Morgan fingerprint density at radius 1 is 0.926 bits per heavy atom. The number of fused-ring (bicyclic) bond motifs is 1. The van der Waals surface area contributed by atoms with Crippen molar-refractivity contribution in [3.8, 4) is 11.4 Å². The van der Waals surface area contributed by atoms with E-state index in [-0.39, 0.29) is 5.97 Å². The fourth-order valence-corrected chi connectivity index (χ4v) is 3.13. The number of hydrogen-bond donors (Lipinski definition) is 0. The summed E-state index contributed by atoms with van der Waals surface area (Å²) in [6.07, 6.45) is 1.95. The van der Waals surface area contributed by atoms with Crippen molar-refractivity contribution < 1.29 is 14.3 Å². The molecule has 0 bridgehead atoms. The van der Waals surface area contributed by atoms with Gasteiger partial charge < -0.3 is 14.0 Å². The summed E-state index contributed by atoms with van der Waals surface area (Å²) in [7, 11) is 1.39. The van der Waals surface area contributed by atoms with Crippen LogP contribution in [0.3, 0.4) is 0 Å². The normalized spacial score (nSPS) is 10.7. The molecular weight excluding hydrogens is 338 g/mol. The zero-order valence-corrected chi connectivity index (χ0v) is 15.0. The molecule has 1 heterocycles. The predicted octanol–water partition coefficient (Wildman–Crippen LogP) is 5.00. The van der Waals surface area contributed by atoms with Crippen LogP contribution in [0.2, 0.25) is 0 Å². The van der Waals surface area contributed by atoms with Gasteiger partial charge >= 0.3 is 5.97 Å². The molecule has 134 valence electrons. The van der Waals surface area contributed by atoms with E-state index >= 15 is 0 Å². The lowest BCUT2D eigenvalue weighted by atomic mass is 10.1. The van der Waals surface area contributed by atoms with Crippen LogP contribution in [0.15, 0.2) is 85.1 Å². The molecule has 27 heavy (non-hydrogen) atoms. The zero-order chi connectivity index (χ0) is 18.6. The Bertz CT molecular complexity index is 1080. The molecule has 0 aliphatic rings. The third-order valence-electron chi connectivity index (χ3n) is 4.48. The standard InChI is InChI=1S/C23H19NO3/c1-26-23(25)20-9-5-6-10-22(20)24-14-13-18-15-19(11-12-21(18)24)27-16-17-7-3-2-4-8-17/h2-15H,16H2,1H3. The number of carbonyl (C=O) groups excluding carboxylic acids is 1.